The number of nitro groups is 1. The van der Waals surface area contributed by atoms with E-state index < -0.39 is 4.92 Å². The first-order chi connectivity index (χ1) is 10.2. The largest absolute Gasteiger partial charge is 0.493 e. The number of hydrogen-bond acceptors (Lipinski definition) is 4. The minimum absolute atomic E-state index is 0.0291. The fourth-order valence-electron chi connectivity index (χ4n) is 1.93. The second kappa shape index (κ2) is 7.28. The van der Waals surface area contributed by atoms with E-state index in [1.807, 2.05) is 30.3 Å². The van der Waals surface area contributed by atoms with Gasteiger partial charge in [0, 0.05) is 12.0 Å². The predicted molar refractivity (Wildman–Crippen MR) is 79.9 cm³/mol. The lowest BCUT2D eigenvalue weighted by atomic mass is 10.2. The summed E-state index contributed by atoms with van der Waals surface area (Å²) in [5, 5.41) is 11.0. The van der Waals surface area contributed by atoms with Gasteiger partial charge in [0.2, 0.25) is 0 Å². The van der Waals surface area contributed by atoms with Crippen LogP contribution in [-0.2, 0) is 0 Å². The van der Waals surface area contributed by atoms with Crippen molar-refractivity contribution in [2.45, 2.75) is 13.3 Å². The molecule has 0 spiro atoms. The normalized spacial score (nSPS) is 10.1. The minimum atomic E-state index is -0.412. The second-order valence-electron chi connectivity index (χ2n) is 4.54. The molecule has 2 aromatic rings. The molecule has 0 aliphatic carbocycles. The number of rotatable bonds is 7. The molecular weight excluding hydrogens is 270 g/mol. The van der Waals surface area contributed by atoms with E-state index in [4.69, 9.17) is 9.47 Å². The lowest BCUT2D eigenvalue weighted by Gasteiger charge is -2.09. The molecule has 110 valence electrons. The van der Waals surface area contributed by atoms with Crippen molar-refractivity contribution in [3.05, 3.63) is 64.2 Å². The van der Waals surface area contributed by atoms with E-state index in [1.54, 1.807) is 25.1 Å². The highest BCUT2D eigenvalue weighted by molar-refractivity contribution is 5.51. The van der Waals surface area contributed by atoms with Crippen LogP contribution in [0.1, 0.15) is 12.0 Å². The smallest absolute Gasteiger partial charge is 0.313 e. The third-order valence-electron chi connectivity index (χ3n) is 2.94. The molecule has 0 saturated carbocycles. The summed E-state index contributed by atoms with van der Waals surface area (Å²) in [6, 6.07) is 14.6. The topological polar surface area (TPSA) is 61.6 Å². The summed E-state index contributed by atoms with van der Waals surface area (Å²) < 4.78 is 11.0. The number of hydrogen-bond donors (Lipinski definition) is 0. The molecule has 0 bridgehead atoms. The molecule has 0 fully saturated rings. The van der Waals surface area contributed by atoms with Gasteiger partial charge in [0.15, 0.2) is 5.75 Å². The molecule has 0 radical (unpaired) electrons. The van der Waals surface area contributed by atoms with Crippen molar-refractivity contribution in [3.8, 4) is 11.5 Å². The maximum atomic E-state index is 11.0. The summed E-state index contributed by atoms with van der Waals surface area (Å²) in [5.74, 6) is 1.11. The lowest BCUT2D eigenvalue weighted by Crippen LogP contribution is -2.06. The SMILES string of the molecule is Cc1cccc(OCCCOc2ccccc2)c1[N+](=O)[O-]. The highest BCUT2D eigenvalue weighted by atomic mass is 16.6. The Morgan fingerprint density at radius 3 is 2.43 bits per heavy atom. The van der Waals surface area contributed by atoms with E-state index in [2.05, 4.69) is 0 Å². The van der Waals surface area contributed by atoms with Gasteiger partial charge in [-0.25, -0.2) is 0 Å². The van der Waals surface area contributed by atoms with E-state index in [1.165, 1.54) is 0 Å². The van der Waals surface area contributed by atoms with Crippen LogP contribution in [0.4, 0.5) is 5.69 Å². The fourth-order valence-corrected chi connectivity index (χ4v) is 1.93. The third-order valence-corrected chi connectivity index (χ3v) is 2.94. The van der Waals surface area contributed by atoms with Gasteiger partial charge in [0.1, 0.15) is 5.75 Å². The van der Waals surface area contributed by atoms with Crippen LogP contribution in [0, 0.1) is 17.0 Å². The zero-order chi connectivity index (χ0) is 15.1. The molecule has 0 aliphatic heterocycles. The Balaban J connectivity index is 1.81. The van der Waals surface area contributed by atoms with Crippen molar-refractivity contribution in [2.24, 2.45) is 0 Å². The maximum absolute atomic E-state index is 11.0. The second-order valence-corrected chi connectivity index (χ2v) is 4.54. The minimum Gasteiger partial charge on any atom is -0.493 e. The van der Waals surface area contributed by atoms with E-state index in [-0.39, 0.29) is 5.69 Å². The zero-order valence-electron chi connectivity index (χ0n) is 11.8. The Morgan fingerprint density at radius 1 is 1.00 bits per heavy atom. The van der Waals surface area contributed by atoms with Crippen LogP contribution >= 0.6 is 0 Å². The van der Waals surface area contributed by atoms with Gasteiger partial charge in [-0.1, -0.05) is 30.3 Å². The monoisotopic (exact) mass is 287 g/mol. The molecule has 21 heavy (non-hydrogen) atoms. The molecule has 0 atom stereocenters. The highest BCUT2D eigenvalue weighted by Crippen LogP contribution is 2.30. The van der Waals surface area contributed by atoms with Gasteiger partial charge in [0.25, 0.3) is 0 Å². The number of para-hydroxylation sites is 2. The molecule has 0 aliphatic rings. The Kier molecular flexibility index (Phi) is 5.15. The van der Waals surface area contributed by atoms with Crippen LogP contribution in [-0.4, -0.2) is 18.1 Å². The van der Waals surface area contributed by atoms with Gasteiger partial charge in [0.05, 0.1) is 18.1 Å². The molecule has 5 nitrogen and oxygen atoms in total. The summed E-state index contributed by atoms with van der Waals surface area (Å²) in [6.45, 7) is 2.57. The summed E-state index contributed by atoms with van der Waals surface area (Å²) in [7, 11) is 0. The molecular formula is C16H17NO4. The maximum Gasteiger partial charge on any atom is 0.313 e. The zero-order valence-corrected chi connectivity index (χ0v) is 11.8. The number of nitrogens with zero attached hydrogens (tertiary/aromatic N) is 1. The molecule has 0 N–H and O–H groups in total. The lowest BCUT2D eigenvalue weighted by molar-refractivity contribution is -0.386. The molecule has 0 heterocycles. The van der Waals surface area contributed by atoms with Gasteiger partial charge in [-0.3, -0.25) is 10.1 Å². The third kappa shape index (κ3) is 4.21. The van der Waals surface area contributed by atoms with Crippen molar-refractivity contribution < 1.29 is 14.4 Å². The van der Waals surface area contributed by atoms with Crippen molar-refractivity contribution in [1.82, 2.24) is 0 Å². The Hall–Kier alpha value is -2.56. The van der Waals surface area contributed by atoms with Gasteiger partial charge < -0.3 is 9.47 Å². The first-order valence-electron chi connectivity index (χ1n) is 6.73. The summed E-state index contributed by atoms with van der Waals surface area (Å²) in [4.78, 5) is 10.6. The van der Waals surface area contributed by atoms with Crippen LogP contribution in [0.2, 0.25) is 0 Å². The molecule has 0 amide bonds. The van der Waals surface area contributed by atoms with Gasteiger partial charge in [-0.05, 0) is 25.1 Å². The Bertz CT molecular complexity index is 598. The molecule has 2 aromatic carbocycles. The molecule has 0 saturated heterocycles. The molecule has 5 heteroatoms. The van der Waals surface area contributed by atoms with Crippen molar-refractivity contribution >= 4 is 5.69 Å². The standard InChI is InChI=1S/C16H17NO4/c1-13-7-5-10-15(16(13)17(18)19)21-12-6-11-20-14-8-3-2-4-9-14/h2-5,7-10H,6,11-12H2,1H3. The van der Waals surface area contributed by atoms with Crippen molar-refractivity contribution in [2.75, 3.05) is 13.2 Å². The van der Waals surface area contributed by atoms with Crippen LogP contribution in [0.25, 0.3) is 0 Å². The average Bonchev–Trinajstić information content (AvgIpc) is 2.47. The predicted octanol–water partition coefficient (Wildman–Crippen LogP) is 3.75. The Morgan fingerprint density at radius 2 is 1.71 bits per heavy atom. The van der Waals surface area contributed by atoms with Crippen molar-refractivity contribution in [3.63, 3.8) is 0 Å². The number of nitro benzene ring substituents is 1. The Labute approximate surface area is 123 Å². The van der Waals surface area contributed by atoms with E-state index in [0.717, 1.165) is 5.75 Å². The molecule has 0 aromatic heterocycles. The number of aryl methyl sites for hydroxylation is 1. The number of ether oxygens (including phenoxy) is 2. The first kappa shape index (κ1) is 14.8. The molecule has 2 rings (SSSR count). The van der Waals surface area contributed by atoms with Crippen molar-refractivity contribution in [1.29, 1.82) is 0 Å². The van der Waals surface area contributed by atoms with Crippen LogP contribution in [0.15, 0.2) is 48.5 Å². The first-order valence-corrected chi connectivity index (χ1v) is 6.73. The fraction of sp³-hybridized carbons (Fsp3) is 0.250. The van der Waals surface area contributed by atoms with Crippen LogP contribution < -0.4 is 9.47 Å². The quantitative estimate of drug-likeness (QED) is 0.442. The summed E-state index contributed by atoms with van der Waals surface area (Å²) in [5.41, 5.74) is 0.625. The number of benzene rings is 2. The van der Waals surface area contributed by atoms with E-state index in [9.17, 15) is 10.1 Å². The van der Waals surface area contributed by atoms with Crippen LogP contribution in [0.5, 0.6) is 11.5 Å². The average molecular weight is 287 g/mol. The summed E-state index contributed by atoms with van der Waals surface area (Å²) in [6.07, 6.45) is 0.653. The van der Waals surface area contributed by atoms with E-state index in [0.29, 0.717) is 30.9 Å². The highest BCUT2D eigenvalue weighted by Gasteiger charge is 2.17. The van der Waals surface area contributed by atoms with Crippen LogP contribution in [0.3, 0.4) is 0 Å². The molecule has 0 unspecified atom stereocenters. The van der Waals surface area contributed by atoms with Gasteiger partial charge >= 0.3 is 5.69 Å². The van der Waals surface area contributed by atoms with E-state index >= 15 is 0 Å². The van der Waals surface area contributed by atoms with Gasteiger partial charge in [-0.2, -0.15) is 0 Å². The van der Waals surface area contributed by atoms with Gasteiger partial charge in [-0.15, -0.1) is 0 Å². The summed E-state index contributed by atoms with van der Waals surface area (Å²) >= 11 is 0.